The van der Waals surface area contributed by atoms with E-state index in [1.54, 1.807) is 4.68 Å². The van der Waals surface area contributed by atoms with Crippen LogP contribution in [0.3, 0.4) is 0 Å². The molecule has 0 unspecified atom stereocenters. The van der Waals surface area contributed by atoms with E-state index in [2.05, 4.69) is 15.4 Å². The average molecular weight is 260 g/mol. The van der Waals surface area contributed by atoms with Crippen LogP contribution in [0.25, 0.3) is 11.0 Å². The first-order valence-electron chi connectivity index (χ1n) is 6.32. The van der Waals surface area contributed by atoms with Crippen LogP contribution in [-0.2, 0) is 11.8 Å². The van der Waals surface area contributed by atoms with Gasteiger partial charge in [0, 0.05) is 18.2 Å². The van der Waals surface area contributed by atoms with E-state index in [4.69, 9.17) is 0 Å². The van der Waals surface area contributed by atoms with Crippen molar-refractivity contribution in [3.05, 3.63) is 17.3 Å². The topological polar surface area (TPSA) is 59.8 Å². The SMILES string of the molecule is Cc1cc(C)c2c(NC(=O)C(C)(C)C)nn(C)c2n1. The Bertz CT molecular complexity index is 649. The summed E-state index contributed by atoms with van der Waals surface area (Å²) in [7, 11) is 1.83. The van der Waals surface area contributed by atoms with Crippen LogP contribution < -0.4 is 5.32 Å². The van der Waals surface area contributed by atoms with Gasteiger partial charge in [-0.15, -0.1) is 0 Å². The lowest BCUT2D eigenvalue weighted by Crippen LogP contribution is -2.28. The number of fused-ring (bicyclic) bond motifs is 1. The first-order chi connectivity index (χ1) is 8.70. The number of pyridine rings is 1. The van der Waals surface area contributed by atoms with Crippen molar-refractivity contribution in [3.8, 4) is 0 Å². The van der Waals surface area contributed by atoms with Crippen molar-refractivity contribution in [2.24, 2.45) is 12.5 Å². The van der Waals surface area contributed by atoms with Crippen LogP contribution in [0, 0.1) is 19.3 Å². The number of hydrogen-bond acceptors (Lipinski definition) is 3. The van der Waals surface area contributed by atoms with Gasteiger partial charge in [0.25, 0.3) is 0 Å². The Morgan fingerprint density at radius 2 is 1.95 bits per heavy atom. The summed E-state index contributed by atoms with van der Waals surface area (Å²) in [5, 5.41) is 8.17. The Morgan fingerprint density at radius 3 is 2.53 bits per heavy atom. The Morgan fingerprint density at radius 1 is 1.32 bits per heavy atom. The van der Waals surface area contributed by atoms with Crippen molar-refractivity contribution >= 4 is 22.8 Å². The van der Waals surface area contributed by atoms with E-state index < -0.39 is 5.41 Å². The van der Waals surface area contributed by atoms with E-state index in [1.807, 2.05) is 47.7 Å². The molecule has 5 nitrogen and oxygen atoms in total. The van der Waals surface area contributed by atoms with Crippen LogP contribution in [0.15, 0.2) is 6.07 Å². The molecule has 0 aromatic carbocycles. The van der Waals surface area contributed by atoms with Gasteiger partial charge in [-0.05, 0) is 25.5 Å². The zero-order valence-corrected chi connectivity index (χ0v) is 12.3. The minimum Gasteiger partial charge on any atom is -0.308 e. The predicted octanol–water partition coefficient (Wildman–Crippen LogP) is 2.57. The number of hydrogen-bond donors (Lipinski definition) is 1. The van der Waals surface area contributed by atoms with E-state index in [1.165, 1.54) is 0 Å². The van der Waals surface area contributed by atoms with Gasteiger partial charge in [0.15, 0.2) is 11.5 Å². The molecule has 0 saturated carbocycles. The molecule has 0 radical (unpaired) electrons. The molecule has 2 aromatic rings. The number of nitrogens with one attached hydrogen (secondary N) is 1. The number of carbonyl (C=O) groups excluding carboxylic acids is 1. The Kier molecular flexibility index (Phi) is 3.08. The highest BCUT2D eigenvalue weighted by atomic mass is 16.2. The van der Waals surface area contributed by atoms with E-state index in [9.17, 15) is 4.79 Å². The highest BCUT2D eigenvalue weighted by Gasteiger charge is 2.24. The standard InChI is InChI=1S/C14H20N4O/c1-8-7-9(2)15-12-10(8)11(17-18(12)6)16-13(19)14(3,4)5/h7H,1-6H3,(H,16,17,19). The van der Waals surface area contributed by atoms with Crippen LogP contribution in [0.1, 0.15) is 32.0 Å². The third-order valence-corrected chi connectivity index (χ3v) is 3.03. The second-order valence-corrected chi connectivity index (χ2v) is 5.96. The third-order valence-electron chi connectivity index (χ3n) is 3.03. The maximum Gasteiger partial charge on any atom is 0.230 e. The molecule has 2 aromatic heterocycles. The molecule has 0 saturated heterocycles. The number of amides is 1. The van der Waals surface area contributed by atoms with Gasteiger partial charge in [0.05, 0.1) is 5.39 Å². The fraction of sp³-hybridized carbons (Fsp3) is 0.500. The molecule has 0 spiro atoms. The molecule has 0 aliphatic heterocycles. The lowest BCUT2D eigenvalue weighted by molar-refractivity contribution is -0.123. The normalized spacial score (nSPS) is 11.9. The minimum absolute atomic E-state index is 0.0486. The molecular formula is C14H20N4O. The van der Waals surface area contributed by atoms with Gasteiger partial charge in [0.2, 0.25) is 5.91 Å². The average Bonchev–Trinajstić information content (AvgIpc) is 2.54. The molecule has 0 fully saturated rings. The number of carbonyl (C=O) groups is 1. The van der Waals surface area contributed by atoms with Crippen molar-refractivity contribution < 1.29 is 4.79 Å². The molecular weight excluding hydrogens is 240 g/mol. The molecule has 0 aliphatic carbocycles. The van der Waals surface area contributed by atoms with Crippen LogP contribution in [0.4, 0.5) is 5.82 Å². The van der Waals surface area contributed by atoms with Crippen molar-refractivity contribution in [3.63, 3.8) is 0 Å². The minimum atomic E-state index is -0.449. The van der Waals surface area contributed by atoms with Crippen LogP contribution in [-0.4, -0.2) is 20.7 Å². The molecule has 2 rings (SSSR count). The van der Waals surface area contributed by atoms with Crippen molar-refractivity contribution in [1.29, 1.82) is 0 Å². The first-order valence-corrected chi connectivity index (χ1v) is 6.32. The van der Waals surface area contributed by atoms with Gasteiger partial charge in [-0.3, -0.25) is 4.79 Å². The quantitative estimate of drug-likeness (QED) is 0.857. The van der Waals surface area contributed by atoms with Gasteiger partial charge in [-0.1, -0.05) is 20.8 Å². The number of rotatable bonds is 1. The number of aryl methyl sites for hydroxylation is 3. The molecule has 0 atom stereocenters. The molecule has 2 heterocycles. The van der Waals surface area contributed by atoms with Crippen molar-refractivity contribution in [2.75, 3.05) is 5.32 Å². The maximum absolute atomic E-state index is 12.1. The third kappa shape index (κ3) is 2.45. The largest absolute Gasteiger partial charge is 0.308 e. The van der Waals surface area contributed by atoms with E-state index in [0.717, 1.165) is 22.3 Å². The van der Waals surface area contributed by atoms with E-state index >= 15 is 0 Å². The molecule has 0 aliphatic rings. The fourth-order valence-electron chi connectivity index (χ4n) is 1.97. The molecule has 1 amide bonds. The van der Waals surface area contributed by atoms with Crippen molar-refractivity contribution in [1.82, 2.24) is 14.8 Å². The van der Waals surface area contributed by atoms with Crippen LogP contribution in [0.5, 0.6) is 0 Å². The molecule has 102 valence electrons. The number of anilines is 1. The Balaban J connectivity index is 2.54. The molecule has 5 heteroatoms. The maximum atomic E-state index is 12.1. The monoisotopic (exact) mass is 260 g/mol. The molecule has 19 heavy (non-hydrogen) atoms. The number of aromatic nitrogens is 3. The van der Waals surface area contributed by atoms with Gasteiger partial charge in [0.1, 0.15) is 0 Å². The smallest absolute Gasteiger partial charge is 0.230 e. The highest BCUT2D eigenvalue weighted by molar-refractivity contribution is 6.02. The highest BCUT2D eigenvalue weighted by Crippen LogP contribution is 2.26. The summed E-state index contributed by atoms with van der Waals surface area (Å²) < 4.78 is 1.70. The van der Waals surface area contributed by atoms with E-state index in [0.29, 0.717) is 5.82 Å². The van der Waals surface area contributed by atoms with Gasteiger partial charge in [-0.2, -0.15) is 5.10 Å². The van der Waals surface area contributed by atoms with E-state index in [-0.39, 0.29) is 5.91 Å². The number of nitrogens with zero attached hydrogens (tertiary/aromatic N) is 3. The van der Waals surface area contributed by atoms with Crippen LogP contribution >= 0.6 is 0 Å². The second kappa shape index (κ2) is 4.33. The second-order valence-electron chi connectivity index (χ2n) is 5.96. The zero-order valence-electron chi connectivity index (χ0n) is 12.3. The summed E-state index contributed by atoms with van der Waals surface area (Å²) in [5.74, 6) is 0.537. The lowest BCUT2D eigenvalue weighted by Gasteiger charge is -2.16. The summed E-state index contributed by atoms with van der Waals surface area (Å²) in [6.45, 7) is 9.59. The molecule has 1 N–H and O–H groups in total. The van der Waals surface area contributed by atoms with Gasteiger partial charge in [-0.25, -0.2) is 9.67 Å². The van der Waals surface area contributed by atoms with Gasteiger partial charge >= 0.3 is 0 Å². The summed E-state index contributed by atoms with van der Waals surface area (Å²) in [6.07, 6.45) is 0. The lowest BCUT2D eigenvalue weighted by atomic mass is 9.96. The van der Waals surface area contributed by atoms with Gasteiger partial charge < -0.3 is 5.32 Å². The fourth-order valence-corrected chi connectivity index (χ4v) is 1.97. The van der Waals surface area contributed by atoms with Crippen LogP contribution in [0.2, 0.25) is 0 Å². The predicted molar refractivity (Wildman–Crippen MR) is 76.1 cm³/mol. The summed E-state index contributed by atoms with van der Waals surface area (Å²) >= 11 is 0. The summed E-state index contributed by atoms with van der Waals surface area (Å²) in [4.78, 5) is 16.6. The zero-order chi connectivity index (χ0) is 14.4. The summed E-state index contributed by atoms with van der Waals surface area (Å²) in [5.41, 5.74) is 2.36. The van der Waals surface area contributed by atoms with Crippen molar-refractivity contribution in [2.45, 2.75) is 34.6 Å². The molecule has 0 bridgehead atoms. The Hall–Kier alpha value is -1.91. The summed E-state index contributed by atoms with van der Waals surface area (Å²) in [6, 6.07) is 2.00. The first kappa shape index (κ1) is 13.5. The Labute approximate surface area is 113 Å².